The fourth-order valence-corrected chi connectivity index (χ4v) is 2.56. The lowest BCUT2D eigenvalue weighted by Crippen LogP contribution is -2.23. The number of imidazole rings is 1. The molecule has 1 unspecified atom stereocenters. The Morgan fingerprint density at radius 1 is 1.32 bits per heavy atom. The maximum absolute atomic E-state index is 6.09. The molecule has 0 aliphatic carbocycles. The van der Waals surface area contributed by atoms with Gasteiger partial charge in [-0.05, 0) is 18.8 Å². The Kier molecular flexibility index (Phi) is 3.65. The highest BCUT2D eigenvalue weighted by atomic mass is 35.5. The molecule has 2 rings (SSSR count). The van der Waals surface area contributed by atoms with Crippen LogP contribution in [0.4, 0.5) is 0 Å². The maximum atomic E-state index is 6.09. The number of hydrogen-bond donors (Lipinski definition) is 0. The summed E-state index contributed by atoms with van der Waals surface area (Å²) >= 11 is 6.09. The Labute approximate surface area is 119 Å². The van der Waals surface area contributed by atoms with Gasteiger partial charge in [0.05, 0.1) is 11.6 Å². The Bertz CT molecular complexity index is 589. The molecule has 4 nitrogen and oxygen atoms in total. The standard InChI is InChI=1S/C14H23ClN4/c1-7-10-12-13(18(6)17-10)19(11(8-15)16-12)9(2)14(3,4)5/h9H,7-8H2,1-6H3. The quantitative estimate of drug-likeness (QED) is 0.805. The molecule has 0 spiro atoms. The van der Waals surface area contributed by atoms with Crippen LogP contribution in [0.25, 0.3) is 11.2 Å². The largest absolute Gasteiger partial charge is 0.309 e. The zero-order valence-electron chi connectivity index (χ0n) is 12.7. The third kappa shape index (κ3) is 2.27. The van der Waals surface area contributed by atoms with Crippen LogP contribution in [0.2, 0.25) is 0 Å². The highest BCUT2D eigenvalue weighted by Gasteiger charge is 2.28. The molecule has 0 radical (unpaired) electrons. The highest BCUT2D eigenvalue weighted by molar-refractivity contribution is 6.16. The van der Waals surface area contributed by atoms with E-state index in [1.165, 1.54) is 0 Å². The number of halogens is 1. The van der Waals surface area contributed by atoms with Crippen molar-refractivity contribution >= 4 is 22.8 Å². The Morgan fingerprint density at radius 3 is 2.42 bits per heavy atom. The number of aromatic nitrogens is 4. The molecule has 0 amide bonds. The lowest BCUT2D eigenvalue weighted by atomic mass is 9.88. The minimum Gasteiger partial charge on any atom is -0.309 e. The van der Waals surface area contributed by atoms with Crippen molar-refractivity contribution in [3.8, 4) is 0 Å². The Balaban J connectivity index is 2.74. The summed E-state index contributed by atoms with van der Waals surface area (Å²) in [5.41, 5.74) is 3.26. The minimum atomic E-state index is 0.144. The highest BCUT2D eigenvalue weighted by Crippen LogP contribution is 2.34. The molecule has 0 saturated heterocycles. The molecular formula is C14H23ClN4. The van der Waals surface area contributed by atoms with Crippen molar-refractivity contribution in [2.45, 2.75) is 53.0 Å². The molecule has 2 aromatic rings. The predicted molar refractivity (Wildman–Crippen MR) is 79.6 cm³/mol. The van der Waals surface area contributed by atoms with Crippen molar-refractivity contribution in [3.63, 3.8) is 0 Å². The summed E-state index contributed by atoms with van der Waals surface area (Å²) in [7, 11) is 1.98. The van der Waals surface area contributed by atoms with Crippen LogP contribution in [0.1, 0.15) is 52.2 Å². The van der Waals surface area contributed by atoms with Crippen molar-refractivity contribution in [1.29, 1.82) is 0 Å². The molecule has 5 heteroatoms. The van der Waals surface area contributed by atoms with E-state index in [1.807, 2.05) is 11.7 Å². The van der Waals surface area contributed by atoms with E-state index in [0.717, 1.165) is 29.1 Å². The molecule has 0 aliphatic rings. The van der Waals surface area contributed by atoms with Gasteiger partial charge in [0.25, 0.3) is 0 Å². The number of nitrogens with zero attached hydrogens (tertiary/aromatic N) is 4. The van der Waals surface area contributed by atoms with Crippen LogP contribution in [-0.4, -0.2) is 19.3 Å². The number of rotatable bonds is 3. The summed E-state index contributed by atoms with van der Waals surface area (Å²) in [5, 5.41) is 4.56. The van der Waals surface area contributed by atoms with Gasteiger partial charge in [0.1, 0.15) is 11.3 Å². The molecule has 106 valence electrons. The van der Waals surface area contributed by atoms with Crippen molar-refractivity contribution in [1.82, 2.24) is 19.3 Å². The van der Waals surface area contributed by atoms with Gasteiger partial charge in [-0.15, -0.1) is 11.6 Å². The first-order valence-corrected chi connectivity index (χ1v) is 7.33. The molecule has 0 N–H and O–H groups in total. The summed E-state index contributed by atoms with van der Waals surface area (Å²) in [5.74, 6) is 1.36. The minimum absolute atomic E-state index is 0.144. The van der Waals surface area contributed by atoms with E-state index < -0.39 is 0 Å². The van der Waals surface area contributed by atoms with Gasteiger partial charge in [0.2, 0.25) is 0 Å². The van der Waals surface area contributed by atoms with Crippen LogP contribution >= 0.6 is 11.6 Å². The Morgan fingerprint density at radius 2 is 1.95 bits per heavy atom. The summed E-state index contributed by atoms with van der Waals surface area (Å²) in [6, 6.07) is 0.311. The van der Waals surface area contributed by atoms with Crippen molar-refractivity contribution in [3.05, 3.63) is 11.5 Å². The monoisotopic (exact) mass is 282 g/mol. The predicted octanol–water partition coefficient (Wildman–Crippen LogP) is 3.68. The van der Waals surface area contributed by atoms with Gasteiger partial charge in [-0.2, -0.15) is 5.10 Å². The lowest BCUT2D eigenvalue weighted by molar-refractivity contribution is 0.261. The molecule has 2 aromatic heterocycles. The van der Waals surface area contributed by atoms with Gasteiger partial charge in [0.15, 0.2) is 5.65 Å². The van der Waals surface area contributed by atoms with E-state index in [1.54, 1.807) is 0 Å². The molecule has 0 aliphatic heterocycles. The normalized spacial score (nSPS) is 14.3. The average Bonchev–Trinajstić information content (AvgIpc) is 2.84. The smallest absolute Gasteiger partial charge is 0.158 e. The Hall–Kier alpha value is -1.03. The van der Waals surface area contributed by atoms with Crippen LogP contribution in [-0.2, 0) is 19.3 Å². The van der Waals surface area contributed by atoms with E-state index >= 15 is 0 Å². The second kappa shape index (κ2) is 4.82. The molecule has 19 heavy (non-hydrogen) atoms. The summed E-state index contributed by atoms with van der Waals surface area (Å²) in [4.78, 5) is 4.71. The topological polar surface area (TPSA) is 35.6 Å². The van der Waals surface area contributed by atoms with Gasteiger partial charge in [-0.1, -0.05) is 27.7 Å². The van der Waals surface area contributed by atoms with Crippen LogP contribution < -0.4 is 0 Å². The first-order chi connectivity index (χ1) is 8.81. The number of fused-ring (bicyclic) bond motifs is 1. The van der Waals surface area contributed by atoms with Gasteiger partial charge >= 0.3 is 0 Å². The average molecular weight is 283 g/mol. The molecule has 1 atom stereocenters. The third-order valence-electron chi connectivity index (χ3n) is 3.90. The molecule has 0 saturated carbocycles. The van der Waals surface area contributed by atoms with Crippen molar-refractivity contribution < 1.29 is 0 Å². The first-order valence-electron chi connectivity index (χ1n) is 6.79. The summed E-state index contributed by atoms with van der Waals surface area (Å²) < 4.78 is 4.17. The maximum Gasteiger partial charge on any atom is 0.158 e. The summed E-state index contributed by atoms with van der Waals surface area (Å²) in [6.07, 6.45) is 0.889. The molecule has 0 bridgehead atoms. The fraction of sp³-hybridized carbons (Fsp3) is 0.714. The third-order valence-corrected chi connectivity index (χ3v) is 4.14. The van der Waals surface area contributed by atoms with Crippen LogP contribution in [0.3, 0.4) is 0 Å². The van der Waals surface area contributed by atoms with Gasteiger partial charge < -0.3 is 4.57 Å². The van der Waals surface area contributed by atoms with Crippen molar-refractivity contribution in [2.24, 2.45) is 12.5 Å². The zero-order chi connectivity index (χ0) is 14.4. The second-order valence-corrected chi connectivity index (χ2v) is 6.44. The molecular weight excluding hydrogens is 260 g/mol. The van der Waals surface area contributed by atoms with Gasteiger partial charge in [0, 0.05) is 13.1 Å². The van der Waals surface area contributed by atoms with Crippen LogP contribution in [0.15, 0.2) is 0 Å². The zero-order valence-corrected chi connectivity index (χ0v) is 13.4. The second-order valence-electron chi connectivity index (χ2n) is 6.17. The number of aryl methyl sites for hydroxylation is 2. The molecule has 2 heterocycles. The molecule has 0 fully saturated rings. The van der Waals surface area contributed by atoms with E-state index in [2.05, 4.69) is 44.3 Å². The molecule has 0 aromatic carbocycles. The van der Waals surface area contributed by atoms with Gasteiger partial charge in [-0.25, -0.2) is 4.98 Å². The van der Waals surface area contributed by atoms with Crippen LogP contribution in [0, 0.1) is 5.41 Å². The van der Waals surface area contributed by atoms with Crippen molar-refractivity contribution in [2.75, 3.05) is 0 Å². The SMILES string of the molecule is CCc1nn(C)c2c1nc(CCl)n2C(C)C(C)(C)C. The van der Waals surface area contributed by atoms with E-state index in [4.69, 9.17) is 16.6 Å². The van der Waals surface area contributed by atoms with Gasteiger partial charge in [-0.3, -0.25) is 4.68 Å². The number of hydrogen-bond acceptors (Lipinski definition) is 2. The number of alkyl halides is 1. The van der Waals surface area contributed by atoms with Crippen LogP contribution in [0.5, 0.6) is 0 Å². The summed E-state index contributed by atoms with van der Waals surface area (Å²) in [6.45, 7) is 11.0. The lowest BCUT2D eigenvalue weighted by Gasteiger charge is -2.30. The first kappa shape index (κ1) is 14.4. The fourth-order valence-electron chi connectivity index (χ4n) is 2.37. The van der Waals surface area contributed by atoms with E-state index in [-0.39, 0.29) is 5.41 Å². The van der Waals surface area contributed by atoms with E-state index in [9.17, 15) is 0 Å². The van der Waals surface area contributed by atoms with E-state index in [0.29, 0.717) is 11.9 Å².